The van der Waals surface area contributed by atoms with Crippen LogP contribution in [0.1, 0.15) is 41.1 Å². The molecule has 0 amide bonds. The maximum Gasteiger partial charge on any atom is 0.0533 e. The first-order chi connectivity index (χ1) is 11.9. The number of benzene rings is 1. The summed E-state index contributed by atoms with van der Waals surface area (Å²) >= 11 is 0. The number of para-hydroxylation sites is 1. The second kappa shape index (κ2) is 5.60. The minimum atomic E-state index is 0.710. The Morgan fingerprint density at radius 1 is 1.08 bits per heavy atom. The number of H-pyrrole nitrogens is 1. The smallest absolute Gasteiger partial charge is 0.0533 e. The minimum Gasteiger partial charge on any atom is -0.357 e. The monoisotopic (exact) mass is 315 g/mol. The third-order valence-electron chi connectivity index (χ3n) is 5.52. The van der Waals surface area contributed by atoms with E-state index >= 15 is 0 Å². The summed E-state index contributed by atoms with van der Waals surface area (Å²) in [6.45, 7) is 3.59. The Bertz CT molecular complexity index is 899. The van der Waals surface area contributed by atoms with Crippen LogP contribution in [0.4, 0.5) is 0 Å². The molecule has 1 N–H and O–H groups in total. The van der Waals surface area contributed by atoms with Crippen LogP contribution >= 0.6 is 0 Å². The van der Waals surface area contributed by atoms with Crippen molar-refractivity contribution >= 4 is 23.1 Å². The number of nitrogens with one attached hydrogen (secondary N) is 1. The molecular weight excluding hydrogens is 294 g/mol. The zero-order valence-electron chi connectivity index (χ0n) is 13.7. The van der Waals surface area contributed by atoms with Crippen LogP contribution in [0.25, 0.3) is 23.1 Å². The molecule has 3 aliphatic rings. The van der Waals surface area contributed by atoms with Crippen molar-refractivity contribution in [1.29, 1.82) is 0 Å². The van der Waals surface area contributed by atoms with Crippen LogP contribution < -0.4 is 0 Å². The van der Waals surface area contributed by atoms with Gasteiger partial charge in [0.05, 0.1) is 5.52 Å². The van der Waals surface area contributed by atoms with Gasteiger partial charge in [0.2, 0.25) is 0 Å². The molecule has 3 nitrogen and oxygen atoms in total. The average molecular weight is 315 g/mol. The van der Waals surface area contributed by atoms with E-state index in [4.69, 9.17) is 0 Å². The minimum absolute atomic E-state index is 0.710. The maximum atomic E-state index is 4.18. The van der Waals surface area contributed by atoms with Gasteiger partial charge in [0, 0.05) is 35.9 Å². The van der Waals surface area contributed by atoms with Gasteiger partial charge in [0.15, 0.2) is 0 Å². The highest BCUT2D eigenvalue weighted by molar-refractivity contribution is 5.93. The highest BCUT2D eigenvalue weighted by atomic mass is 15.1. The lowest BCUT2D eigenvalue weighted by molar-refractivity contribution is 0.220. The van der Waals surface area contributed by atoms with E-state index in [-0.39, 0.29) is 0 Å². The summed E-state index contributed by atoms with van der Waals surface area (Å²) in [7, 11) is 0. The van der Waals surface area contributed by atoms with Gasteiger partial charge in [-0.25, -0.2) is 0 Å². The van der Waals surface area contributed by atoms with Crippen molar-refractivity contribution in [3.8, 4) is 0 Å². The molecule has 0 spiro atoms. The van der Waals surface area contributed by atoms with Crippen LogP contribution in [0, 0.1) is 0 Å². The predicted octanol–water partition coefficient (Wildman–Crippen LogP) is 4.43. The van der Waals surface area contributed by atoms with Crippen molar-refractivity contribution in [1.82, 2.24) is 14.9 Å². The zero-order chi connectivity index (χ0) is 15.9. The Balaban J connectivity index is 1.61. The molecule has 0 unspecified atom stereocenters. The summed E-state index contributed by atoms with van der Waals surface area (Å²) in [6.07, 6.45) is 10.6. The van der Waals surface area contributed by atoms with Gasteiger partial charge in [0.1, 0.15) is 0 Å². The number of hydrogen-bond donors (Lipinski definition) is 1. The van der Waals surface area contributed by atoms with Crippen LogP contribution in [0.3, 0.4) is 0 Å². The van der Waals surface area contributed by atoms with E-state index in [1.54, 1.807) is 0 Å². The summed E-state index contributed by atoms with van der Waals surface area (Å²) < 4.78 is 0. The quantitative estimate of drug-likeness (QED) is 0.759. The van der Waals surface area contributed by atoms with Gasteiger partial charge in [-0.15, -0.1) is 0 Å². The van der Waals surface area contributed by atoms with Gasteiger partial charge >= 0.3 is 0 Å². The Hall–Kier alpha value is -2.39. The van der Waals surface area contributed by atoms with Crippen LogP contribution in [-0.4, -0.2) is 28.0 Å². The summed E-state index contributed by atoms with van der Waals surface area (Å²) in [5.41, 5.74) is 6.70. The van der Waals surface area contributed by atoms with Gasteiger partial charge in [-0.3, -0.25) is 9.88 Å². The van der Waals surface area contributed by atoms with E-state index < -0.39 is 0 Å². The Kier molecular flexibility index (Phi) is 3.27. The zero-order valence-corrected chi connectivity index (χ0v) is 13.7. The fourth-order valence-electron chi connectivity index (χ4n) is 4.24. The summed E-state index contributed by atoms with van der Waals surface area (Å²) in [6, 6.07) is 10.7. The number of fused-ring (bicyclic) bond motifs is 3. The summed E-state index contributed by atoms with van der Waals surface area (Å²) in [4.78, 5) is 10.6. The summed E-state index contributed by atoms with van der Waals surface area (Å²) in [5.74, 6) is 0.710. The SMILES string of the molecule is C(=C\c1cccc2c3c([nH]c12)C1CCN(CC1)C3)/c1cccnc1. The normalized spacial score (nSPS) is 22.8. The Labute approximate surface area is 142 Å². The number of aromatic amines is 1. The Morgan fingerprint density at radius 2 is 2.00 bits per heavy atom. The van der Waals surface area contributed by atoms with Crippen LogP contribution in [0.5, 0.6) is 0 Å². The molecule has 1 saturated heterocycles. The third-order valence-corrected chi connectivity index (χ3v) is 5.52. The molecule has 6 rings (SSSR count). The van der Waals surface area contributed by atoms with E-state index in [1.165, 1.54) is 53.7 Å². The fraction of sp³-hybridized carbons (Fsp3) is 0.286. The highest BCUT2D eigenvalue weighted by Gasteiger charge is 2.30. The van der Waals surface area contributed by atoms with Gasteiger partial charge in [-0.1, -0.05) is 36.4 Å². The van der Waals surface area contributed by atoms with Crippen LogP contribution in [-0.2, 0) is 6.54 Å². The fourth-order valence-corrected chi connectivity index (χ4v) is 4.24. The number of rotatable bonds is 2. The van der Waals surface area contributed by atoms with Crippen molar-refractivity contribution in [3.05, 3.63) is 65.1 Å². The molecule has 2 bridgehead atoms. The standard InChI is InChI=1S/C21H21N3/c1-4-16(7-6-15-3-2-10-22-13-15)20-18(5-1)19-14-24-11-8-17(9-12-24)21(19)23-20/h1-7,10,13,17,23H,8-9,11-12,14H2/b7-6+. The van der Waals surface area contributed by atoms with Crippen molar-refractivity contribution < 1.29 is 0 Å². The molecule has 120 valence electrons. The largest absolute Gasteiger partial charge is 0.357 e. The second-order valence-electron chi connectivity index (χ2n) is 6.96. The third kappa shape index (κ3) is 2.28. The van der Waals surface area contributed by atoms with Gasteiger partial charge < -0.3 is 4.98 Å². The topological polar surface area (TPSA) is 31.9 Å². The molecule has 3 aromatic rings. The molecule has 1 fully saturated rings. The first kappa shape index (κ1) is 14.0. The van der Waals surface area contributed by atoms with Crippen molar-refractivity contribution in [2.45, 2.75) is 25.3 Å². The lowest BCUT2D eigenvalue weighted by Crippen LogP contribution is -2.29. The molecule has 1 aromatic carbocycles. The van der Waals surface area contributed by atoms with Crippen molar-refractivity contribution in [3.63, 3.8) is 0 Å². The molecule has 3 aliphatic heterocycles. The van der Waals surface area contributed by atoms with E-state index in [0.717, 1.165) is 12.1 Å². The van der Waals surface area contributed by atoms with Crippen LogP contribution in [0.2, 0.25) is 0 Å². The molecule has 0 atom stereocenters. The second-order valence-corrected chi connectivity index (χ2v) is 6.96. The van der Waals surface area contributed by atoms with Crippen molar-refractivity contribution in [2.75, 3.05) is 13.1 Å². The van der Waals surface area contributed by atoms with E-state index in [0.29, 0.717) is 5.92 Å². The molecule has 3 heteroatoms. The maximum absolute atomic E-state index is 4.18. The molecule has 0 aliphatic carbocycles. The number of piperidine rings is 1. The van der Waals surface area contributed by atoms with E-state index in [2.05, 4.69) is 51.3 Å². The van der Waals surface area contributed by atoms with E-state index in [9.17, 15) is 0 Å². The number of nitrogens with zero attached hydrogens (tertiary/aromatic N) is 2. The molecule has 0 radical (unpaired) electrons. The van der Waals surface area contributed by atoms with Gasteiger partial charge in [-0.2, -0.15) is 0 Å². The van der Waals surface area contributed by atoms with Crippen LogP contribution in [0.15, 0.2) is 42.7 Å². The molecule has 2 aromatic heterocycles. The Morgan fingerprint density at radius 3 is 2.83 bits per heavy atom. The van der Waals surface area contributed by atoms with Gasteiger partial charge in [-0.05, 0) is 48.7 Å². The lowest BCUT2D eigenvalue weighted by Gasteiger charge is -2.26. The number of pyridine rings is 1. The average Bonchev–Trinajstić information content (AvgIpc) is 2.81. The van der Waals surface area contributed by atoms with Crippen molar-refractivity contribution in [2.24, 2.45) is 0 Å². The molecule has 5 heterocycles. The summed E-state index contributed by atoms with van der Waals surface area (Å²) in [5, 5.41) is 1.40. The van der Waals surface area contributed by atoms with E-state index in [1.807, 2.05) is 18.5 Å². The number of hydrogen-bond acceptors (Lipinski definition) is 2. The lowest BCUT2D eigenvalue weighted by atomic mass is 9.94. The predicted molar refractivity (Wildman–Crippen MR) is 98.7 cm³/mol. The van der Waals surface area contributed by atoms with Gasteiger partial charge in [0.25, 0.3) is 0 Å². The molecular formula is C21H21N3. The molecule has 24 heavy (non-hydrogen) atoms. The number of aromatic nitrogens is 2. The first-order valence-corrected chi connectivity index (χ1v) is 8.82. The highest BCUT2D eigenvalue weighted by Crippen LogP contribution is 2.39. The molecule has 0 saturated carbocycles. The first-order valence-electron chi connectivity index (χ1n) is 8.82.